The van der Waals surface area contributed by atoms with Crippen LogP contribution in [0.3, 0.4) is 0 Å². The van der Waals surface area contributed by atoms with Gasteiger partial charge in [0.25, 0.3) is 0 Å². The molecule has 0 radical (unpaired) electrons. The van der Waals surface area contributed by atoms with Gasteiger partial charge in [0.1, 0.15) is 11.4 Å². The van der Waals surface area contributed by atoms with Gasteiger partial charge in [-0.3, -0.25) is 4.79 Å². The summed E-state index contributed by atoms with van der Waals surface area (Å²) in [7, 11) is 0. The summed E-state index contributed by atoms with van der Waals surface area (Å²) in [6.07, 6.45) is -1.19. The van der Waals surface area contributed by atoms with E-state index in [1.807, 2.05) is 0 Å². The molecule has 0 saturated carbocycles. The van der Waals surface area contributed by atoms with Crippen LogP contribution in [0.4, 0.5) is 13.6 Å². The Bertz CT molecular complexity index is 550. The van der Waals surface area contributed by atoms with Crippen LogP contribution in [0.15, 0.2) is 18.2 Å². The molecule has 0 aromatic heterocycles. The number of halogens is 2. The van der Waals surface area contributed by atoms with E-state index in [0.29, 0.717) is 0 Å². The molecule has 20 heavy (non-hydrogen) atoms. The molecule has 0 heterocycles. The minimum atomic E-state index is -3.64. The molecule has 0 spiro atoms. The molecule has 0 aliphatic heterocycles. The molecule has 1 aromatic rings. The summed E-state index contributed by atoms with van der Waals surface area (Å²) in [5.74, 6) is -4.43. The Hall–Kier alpha value is -2.02. The number of carbonyl (C=O) groups is 2. The van der Waals surface area contributed by atoms with Crippen LogP contribution < -0.4 is 10.5 Å². The number of carbonyl (C=O) groups excluding carboxylic acids is 2. The van der Waals surface area contributed by atoms with E-state index in [2.05, 4.69) is 4.74 Å². The standard InChI is InChI=1S/C13H15F2NO4/c1-7(17)8-4-9(13(14,15)12(2,3)19)6-10(5-8)20-11(16)18/h4-6,19H,1-3H3,(H2,16,18). The fourth-order valence-corrected chi connectivity index (χ4v) is 1.51. The molecule has 0 unspecified atom stereocenters. The van der Waals surface area contributed by atoms with E-state index in [4.69, 9.17) is 5.73 Å². The Kier molecular flexibility index (Phi) is 4.14. The first kappa shape index (κ1) is 16.0. The summed E-state index contributed by atoms with van der Waals surface area (Å²) in [5, 5.41) is 9.53. The van der Waals surface area contributed by atoms with Crippen LogP contribution in [0.25, 0.3) is 0 Å². The van der Waals surface area contributed by atoms with Crippen LogP contribution in [0.2, 0.25) is 0 Å². The molecule has 1 rings (SSSR count). The fraction of sp³-hybridized carbons (Fsp3) is 0.385. The number of benzene rings is 1. The maximum absolute atomic E-state index is 14.1. The highest BCUT2D eigenvalue weighted by molar-refractivity contribution is 5.94. The predicted octanol–water partition coefficient (Wildman–Crippen LogP) is 2.21. The lowest BCUT2D eigenvalue weighted by Crippen LogP contribution is -2.40. The van der Waals surface area contributed by atoms with Crippen LogP contribution >= 0.6 is 0 Å². The molecule has 1 aromatic carbocycles. The van der Waals surface area contributed by atoms with E-state index in [9.17, 15) is 23.5 Å². The van der Waals surface area contributed by atoms with E-state index < -0.39 is 29.0 Å². The Labute approximate surface area is 114 Å². The third kappa shape index (κ3) is 3.30. The predicted molar refractivity (Wildman–Crippen MR) is 66.8 cm³/mol. The lowest BCUT2D eigenvalue weighted by atomic mass is 9.92. The third-order valence-electron chi connectivity index (χ3n) is 2.66. The highest BCUT2D eigenvalue weighted by Crippen LogP contribution is 2.40. The molecule has 0 atom stereocenters. The quantitative estimate of drug-likeness (QED) is 0.831. The minimum Gasteiger partial charge on any atom is -0.410 e. The van der Waals surface area contributed by atoms with Crippen LogP contribution in [0, 0.1) is 0 Å². The maximum atomic E-state index is 14.1. The minimum absolute atomic E-state index is 0.0809. The van der Waals surface area contributed by atoms with Crippen molar-refractivity contribution >= 4 is 11.9 Å². The molecular formula is C13H15F2NO4. The van der Waals surface area contributed by atoms with E-state index in [1.165, 1.54) is 6.92 Å². The van der Waals surface area contributed by atoms with Gasteiger partial charge in [0.2, 0.25) is 0 Å². The zero-order valence-electron chi connectivity index (χ0n) is 11.2. The van der Waals surface area contributed by atoms with Crippen molar-refractivity contribution in [3.8, 4) is 5.75 Å². The Morgan fingerprint density at radius 3 is 2.20 bits per heavy atom. The molecule has 7 heteroatoms. The SMILES string of the molecule is CC(=O)c1cc(OC(N)=O)cc(C(F)(F)C(C)(C)O)c1. The van der Waals surface area contributed by atoms with E-state index in [1.54, 1.807) is 0 Å². The number of primary amides is 1. The van der Waals surface area contributed by atoms with Crippen molar-refractivity contribution in [1.29, 1.82) is 0 Å². The lowest BCUT2D eigenvalue weighted by molar-refractivity contribution is -0.168. The van der Waals surface area contributed by atoms with Gasteiger partial charge in [0, 0.05) is 11.1 Å². The van der Waals surface area contributed by atoms with Crippen LogP contribution in [0.5, 0.6) is 5.75 Å². The summed E-state index contributed by atoms with van der Waals surface area (Å²) >= 11 is 0. The fourth-order valence-electron chi connectivity index (χ4n) is 1.51. The number of rotatable bonds is 4. The summed E-state index contributed by atoms with van der Waals surface area (Å²) in [4.78, 5) is 22.0. The Balaban J connectivity index is 3.43. The van der Waals surface area contributed by atoms with Gasteiger partial charge in [0.15, 0.2) is 5.78 Å². The molecule has 0 aliphatic rings. The first-order valence-electron chi connectivity index (χ1n) is 5.69. The number of hydrogen-bond donors (Lipinski definition) is 2. The third-order valence-corrected chi connectivity index (χ3v) is 2.66. The van der Waals surface area contributed by atoms with Crippen molar-refractivity contribution in [2.75, 3.05) is 0 Å². The number of nitrogens with two attached hydrogens (primary N) is 1. The molecule has 110 valence electrons. The highest BCUT2D eigenvalue weighted by atomic mass is 19.3. The number of amides is 1. The van der Waals surface area contributed by atoms with Gasteiger partial charge in [-0.25, -0.2) is 4.79 Å². The topological polar surface area (TPSA) is 89.6 Å². The van der Waals surface area contributed by atoms with Gasteiger partial charge in [-0.05, 0) is 39.0 Å². The molecule has 0 aliphatic carbocycles. The number of alkyl halides is 2. The molecular weight excluding hydrogens is 272 g/mol. The monoisotopic (exact) mass is 287 g/mol. The molecule has 3 N–H and O–H groups in total. The molecule has 0 fully saturated rings. The highest BCUT2D eigenvalue weighted by Gasteiger charge is 2.47. The van der Waals surface area contributed by atoms with Gasteiger partial charge in [0.05, 0.1) is 0 Å². The number of hydrogen-bond acceptors (Lipinski definition) is 4. The zero-order chi connectivity index (χ0) is 15.7. The molecule has 0 bridgehead atoms. The summed E-state index contributed by atoms with van der Waals surface area (Å²) in [5.41, 5.74) is 1.73. The van der Waals surface area contributed by atoms with Crippen molar-refractivity contribution in [3.05, 3.63) is 29.3 Å². The second-order valence-corrected chi connectivity index (χ2v) is 4.86. The number of Topliss-reactive ketones (excluding diaryl/α,β-unsaturated/α-hetero) is 1. The molecule has 5 nitrogen and oxygen atoms in total. The smallest absolute Gasteiger partial charge is 0.409 e. The van der Waals surface area contributed by atoms with Crippen molar-refractivity contribution < 1.29 is 28.2 Å². The summed E-state index contributed by atoms with van der Waals surface area (Å²) in [6, 6.07) is 2.92. The van der Waals surface area contributed by atoms with Crippen molar-refractivity contribution in [2.24, 2.45) is 5.73 Å². The van der Waals surface area contributed by atoms with Gasteiger partial charge < -0.3 is 15.6 Å². The number of ketones is 1. The summed E-state index contributed by atoms with van der Waals surface area (Å²) < 4.78 is 32.7. The Morgan fingerprint density at radius 2 is 1.80 bits per heavy atom. The van der Waals surface area contributed by atoms with Gasteiger partial charge in [-0.1, -0.05) is 0 Å². The van der Waals surface area contributed by atoms with E-state index >= 15 is 0 Å². The second kappa shape index (κ2) is 5.16. The van der Waals surface area contributed by atoms with E-state index in [-0.39, 0.29) is 11.3 Å². The van der Waals surface area contributed by atoms with Crippen LogP contribution in [-0.2, 0) is 5.92 Å². The lowest BCUT2D eigenvalue weighted by Gasteiger charge is -2.29. The zero-order valence-corrected chi connectivity index (χ0v) is 11.2. The van der Waals surface area contributed by atoms with Crippen LogP contribution in [-0.4, -0.2) is 22.6 Å². The first-order chi connectivity index (χ1) is 8.95. The first-order valence-corrected chi connectivity index (χ1v) is 5.69. The van der Waals surface area contributed by atoms with E-state index in [0.717, 1.165) is 32.0 Å². The number of ether oxygens (including phenoxy) is 1. The van der Waals surface area contributed by atoms with Crippen molar-refractivity contribution in [2.45, 2.75) is 32.3 Å². The van der Waals surface area contributed by atoms with Gasteiger partial charge in [-0.2, -0.15) is 8.78 Å². The summed E-state index contributed by atoms with van der Waals surface area (Å²) in [6.45, 7) is 3.04. The van der Waals surface area contributed by atoms with Gasteiger partial charge >= 0.3 is 12.0 Å². The average molecular weight is 287 g/mol. The normalized spacial score (nSPS) is 12.1. The van der Waals surface area contributed by atoms with Crippen molar-refractivity contribution in [1.82, 2.24) is 0 Å². The number of aliphatic hydroxyl groups is 1. The molecule has 1 amide bonds. The van der Waals surface area contributed by atoms with Gasteiger partial charge in [-0.15, -0.1) is 0 Å². The van der Waals surface area contributed by atoms with Crippen molar-refractivity contribution in [3.63, 3.8) is 0 Å². The largest absolute Gasteiger partial charge is 0.410 e. The maximum Gasteiger partial charge on any atom is 0.409 e. The molecule has 0 saturated heterocycles. The Morgan fingerprint density at radius 1 is 1.25 bits per heavy atom. The average Bonchev–Trinajstić information content (AvgIpc) is 2.25. The second-order valence-electron chi connectivity index (χ2n) is 4.86. The van der Waals surface area contributed by atoms with Crippen LogP contribution in [0.1, 0.15) is 36.7 Å².